The van der Waals surface area contributed by atoms with Crippen molar-refractivity contribution in [3.63, 3.8) is 0 Å². The average Bonchev–Trinajstić information content (AvgIpc) is 2.42. The second-order valence-electron chi connectivity index (χ2n) is 4.12. The van der Waals surface area contributed by atoms with Crippen molar-refractivity contribution in [1.82, 2.24) is 0 Å². The average molecular weight is 373 g/mol. The number of nitrogens with one attached hydrogen (secondary N) is 1. The van der Waals surface area contributed by atoms with Crippen molar-refractivity contribution in [3.8, 4) is 0 Å². The van der Waals surface area contributed by atoms with Crippen LogP contribution in [0.25, 0.3) is 0 Å². The summed E-state index contributed by atoms with van der Waals surface area (Å²) in [6, 6.07) is 8.68. The summed E-state index contributed by atoms with van der Waals surface area (Å²) in [4.78, 5) is 12.5. The molecule has 0 aromatic heterocycles. The maximum atomic E-state index is 13.4. The van der Waals surface area contributed by atoms with Gasteiger partial charge in [0.15, 0.2) is 0 Å². The molecule has 0 unspecified atom stereocenters. The SMILES string of the molecule is Nc1cc(Br)ccc1SCC(=O)Nc1c(F)cccc1F. The molecule has 0 atom stereocenters. The number of amides is 1. The molecule has 3 nitrogen and oxygen atoms in total. The van der Waals surface area contributed by atoms with E-state index < -0.39 is 23.2 Å². The van der Waals surface area contributed by atoms with E-state index >= 15 is 0 Å². The van der Waals surface area contributed by atoms with E-state index in [1.807, 2.05) is 0 Å². The number of halogens is 3. The summed E-state index contributed by atoms with van der Waals surface area (Å²) in [5, 5.41) is 2.22. The first-order valence-corrected chi connectivity index (χ1v) is 7.67. The fraction of sp³-hybridized carbons (Fsp3) is 0.0714. The van der Waals surface area contributed by atoms with Gasteiger partial charge in [-0.05, 0) is 30.3 Å². The topological polar surface area (TPSA) is 55.1 Å². The molecule has 2 aromatic carbocycles. The highest BCUT2D eigenvalue weighted by atomic mass is 79.9. The second kappa shape index (κ2) is 6.91. The number of nitrogens with two attached hydrogens (primary N) is 1. The van der Waals surface area contributed by atoms with Crippen LogP contribution in [0, 0.1) is 11.6 Å². The Balaban J connectivity index is 1.99. The van der Waals surface area contributed by atoms with Crippen LogP contribution in [-0.2, 0) is 4.79 Å². The smallest absolute Gasteiger partial charge is 0.234 e. The molecule has 110 valence electrons. The Hall–Kier alpha value is -1.60. The molecule has 3 N–H and O–H groups in total. The summed E-state index contributed by atoms with van der Waals surface area (Å²) < 4.78 is 27.6. The van der Waals surface area contributed by atoms with Gasteiger partial charge in [-0.3, -0.25) is 4.79 Å². The van der Waals surface area contributed by atoms with E-state index in [9.17, 15) is 13.6 Å². The van der Waals surface area contributed by atoms with Gasteiger partial charge in [-0.2, -0.15) is 0 Å². The van der Waals surface area contributed by atoms with Crippen molar-refractivity contribution in [2.45, 2.75) is 4.90 Å². The van der Waals surface area contributed by atoms with Crippen molar-refractivity contribution < 1.29 is 13.6 Å². The molecule has 0 aliphatic carbocycles. The first kappa shape index (κ1) is 15.8. The molecule has 0 radical (unpaired) electrons. The first-order valence-electron chi connectivity index (χ1n) is 5.89. The van der Waals surface area contributed by atoms with Crippen molar-refractivity contribution >= 4 is 45.0 Å². The van der Waals surface area contributed by atoms with Crippen molar-refractivity contribution in [2.24, 2.45) is 0 Å². The highest BCUT2D eigenvalue weighted by molar-refractivity contribution is 9.10. The normalized spacial score (nSPS) is 10.4. The fourth-order valence-corrected chi connectivity index (χ4v) is 2.71. The Labute approximate surface area is 133 Å². The Morgan fingerprint density at radius 3 is 2.52 bits per heavy atom. The fourth-order valence-electron chi connectivity index (χ4n) is 1.59. The maximum Gasteiger partial charge on any atom is 0.234 e. The number of para-hydroxylation sites is 1. The number of anilines is 2. The molecule has 2 aromatic rings. The number of nitrogen functional groups attached to an aromatic ring is 1. The van der Waals surface area contributed by atoms with Crippen molar-refractivity contribution in [2.75, 3.05) is 16.8 Å². The number of carbonyl (C=O) groups is 1. The van der Waals surface area contributed by atoms with Crippen LogP contribution in [0.2, 0.25) is 0 Å². The van der Waals surface area contributed by atoms with E-state index in [1.54, 1.807) is 18.2 Å². The summed E-state index contributed by atoms with van der Waals surface area (Å²) in [5.74, 6) is -2.13. The van der Waals surface area contributed by atoms with Crippen molar-refractivity contribution in [1.29, 1.82) is 0 Å². The van der Waals surface area contributed by atoms with E-state index in [2.05, 4.69) is 21.2 Å². The van der Waals surface area contributed by atoms with E-state index in [4.69, 9.17) is 5.73 Å². The van der Waals surface area contributed by atoms with Gasteiger partial charge in [0.25, 0.3) is 0 Å². The second-order valence-corrected chi connectivity index (χ2v) is 6.05. The van der Waals surface area contributed by atoms with Gasteiger partial charge in [-0.15, -0.1) is 11.8 Å². The van der Waals surface area contributed by atoms with E-state index in [-0.39, 0.29) is 5.75 Å². The minimum atomic E-state index is -0.809. The lowest BCUT2D eigenvalue weighted by Crippen LogP contribution is -2.16. The van der Waals surface area contributed by atoms with Crippen LogP contribution in [0.15, 0.2) is 45.8 Å². The van der Waals surface area contributed by atoms with E-state index in [0.29, 0.717) is 5.69 Å². The molecule has 1 amide bonds. The number of thioether (sulfide) groups is 1. The zero-order valence-electron chi connectivity index (χ0n) is 10.7. The predicted molar refractivity (Wildman–Crippen MR) is 84.3 cm³/mol. The quantitative estimate of drug-likeness (QED) is 0.628. The zero-order chi connectivity index (χ0) is 15.4. The maximum absolute atomic E-state index is 13.4. The Bertz CT molecular complexity index is 662. The Morgan fingerprint density at radius 2 is 1.90 bits per heavy atom. The first-order chi connectivity index (χ1) is 9.97. The summed E-state index contributed by atoms with van der Waals surface area (Å²) in [5.41, 5.74) is 5.89. The minimum absolute atomic E-state index is 0.000390. The van der Waals surface area contributed by atoms with Crippen LogP contribution in [0.4, 0.5) is 20.2 Å². The van der Waals surface area contributed by atoms with Gasteiger partial charge in [-0.1, -0.05) is 22.0 Å². The molecule has 0 fully saturated rings. The van der Waals surface area contributed by atoms with Gasteiger partial charge in [0.1, 0.15) is 17.3 Å². The van der Waals surface area contributed by atoms with Gasteiger partial charge >= 0.3 is 0 Å². The third-order valence-electron chi connectivity index (χ3n) is 2.56. The zero-order valence-corrected chi connectivity index (χ0v) is 13.1. The lowest BCUT2D eigenvalue weighted by molar-refractivity contribution is -0.113. The minimum Gasteiger partial charge on any atom is -0.398 e. The summed E-state index contributed by atoms with van der Waals surface area (Å²) >= 11 is 4.48. The largest absolute Gasteiger partial charge is 0.398 e. The Kier molecular flexibility index (Phi) is 5.19. The molecule has 0 spiro atoms. The number of rotatable bonds is 4. The van der Waals surface area contributed by atoms with Crippen LogP contribution < -0.4 is 11.1 Å². The molecule has 0 saturated heterocycles. The molecule has 0 heterocycles. The summed E-state index contributed by atoms with van der Waals surface area (Å²) in [6.45, 7) is 0. The van der Waals surface area contributed by atoms with Crippen LogP contribution in [0.3, 0.4) is 0 Å². The van der Waals surface area contributed by atoms with Crippen LogP contribution in [0.5, 0.6) is 0 Å². The van der Waals surface area contributed by atoms with Gasteiger partial charge in [0.05, 0.1) is 5.75 Å². The molecule has 0 bridgehead atoms. The monoisotopic (exact) mass is 372 g/mol. The highest BCUT2D eigenvalue weighted by Gasteiger charge is 2.12. The molecule has 0 aliphatic heterocycles. The van der Waals surface area contributed by atoms with E-state index in [1.165, 1.54) is 17.8 Å². The molecule has 0 aliphatic rings. The van der Waals surface area contributed by atoms with Gasteiger partial charge in [-0.25, -0.2) is 8.78 Å². The van der Waals surface area contributed by atoms with Crippen LogP contribution in [-0.4, -0.2) is 11.7 Å². The highest BCUT2D eigenvalue weighted by Crippen LogP contribution is 2.28. The van der Waals surface area contributed by atoms with Gasteiger partial charge in [0.2, 0.25) is 5.91 Å². The standard InChI is InChI=1S/C14H11BrF2N2OS/c15-8-4-5-12(11(18)6-8)21-7-13(20)19-14-9(16)2-1-3-10(14)17/h1-6H,7,18H2,(H,19,20). The molecule has 7 heteroatoms. The lowest BCUT2D eigenvalue weighted by atomic mass is 10.3. The number of hydrogen-bond acceptors (Lipinski definition) is 3. The van der Waals surface area contributed by atoms with Crippen LogP contribution in [0.1, 0.15) is 0 Å². The number of carbonyl (C=O) groups excluding carboxylic acids is 1. The third kappa shape index (κ3) is 4.18. The van der Waals surface area contributed by atoms with Crippen LogP contribution >= 0.6 is 27.7 Å². The molecule has 2 rings (SSSR count). The molecular weight excluding hydrogens is 362 g/mol. The van der Waals surface area contributed by atoms with Crippen molar-refractivity contribution in [3.05, 3.63) is 52.5 Å². The van der Waals surface area contributed by atoms with E-state index in [0.717, 1.165) is 21.5 Å². The predicted octanol–water partition coefficient (Wildman–Crippen LogP) is 4.04. The number of hydrogen-bond donors (Lipinski definition) is 2. The van der Waals surface area contributed by atoms with Gasteiger partial charge in [0, 0.05) is 15.1 Å². The summed E-state index contributed by atoms with van der Waals surface area (Å²) in [6.07, 6.45) is 0. The summed E-state index contributed by atoms with van der Waals surface area (Å²) in [7, 11) is 0. The molecule has 0 saturated carbocycles. The number of benzene rings is 2. The molecule has 21 heavy (non-hydrogen) atoms. The van der Waals surface area contributed by atoms with Gasteiger partial charge < -0.3 is 11.1 Å². The third-order valence-corrected chi connectivity index (χ3v) is 4.14. The molecular formula is C14H11BrF2N2OS. The Morgan fingerprint density at radius 1 is 1.24 bits per heavy atom. The lowest BCUT2D eigenvalue weighted by Gasteiger charge is -2.08.